The quantitative estimate of drug-likeness (QED) is 0.210. The Morgan fingerprint density at radius 1 is 0.882 bits per heavy atom. The van der Waals surface area contributed by atoms with Gasteiger partial charge in [-0.25, -0.2) is 0 Å². The van der Waals surface area contributed by atoms with E-state index >= 15 is 0 Å². The van der Waals surface area contributed by atoms with Crippen LogP contribution in [-0.2, 0) is 24.0 Å². The summed E-state index contributed by atoms with van der Waals surface area (Å²) in [6.45, 7) is 6.21. The normalized spacial score (nSPS) is 13.2. The minimum atomic E-state index is -1.15. The van der Waals surface area contributed by atoms with E-state index in [-0.39, 0.29) is 24.4 Å². The second-order valence-electron chi connectivity index (χ2n) is 7.94. The van der Waals surface area contributed by atoms with Crippen LogP contribution in [0.5, 0.6) is 0 Å². The number of carbonyl (C=O) groups is 5. The zero-order valence-corrected chi connectivity index (χ0v) is 19.3. The van der Waals surface area contributed by atoms with Gasteiger partial charge < -0.3 is 21.1 Å². The number of hydrogen-bond donors (Lipinski definition) is 5. The third kappa shape index (κ3) is 9.22. The molecule has 3 atom stereocenters. The number of carboxylic acids is 1. The van der Waals surface area contributed by atoms with E-state index in [4.69, 9.17) is 5.11 Å². The van der Waals surface area contributed by atoms with Crippen molar-refractivity contribution in [3.05, 3.63) is 34.4 Å². The van der Waals surface area contributed by atoms with Crippen molar-refractivity contribution >= 4 is 41.0 Å². The highest BCUT2D eigenvalue weighted by molar-refractivity contribution is 6.02. The largest absolute Gasteiger partial charge is 0.481 e. The highest BCUT2D eigenvalue weighted by Gasteiger charge is 2.27. The lowest BCUT2D eigenvalue weighted by Gasteiger charge is -2.23. The number of non-ortho nitro benzene ring substituents is 1. The number of rotatable bonds is 12. The van der Waals surface area contributed by atoms with Gasteiger partial charge in [-0.15, -0.1) is 0 Å². The average molecular weight is 479 g/mol. The Bertz CT molecular complexity index is 932. The summed E-state index contributed by atoms with van der Waals surface area (Å²) in [5, 5.41) is 29.2. The molecule has 1 aromatic rings. The smallest absolute Gasteiger partial charge is 0.303 e. The predicted octanol–water partition coefficient (Wildman–Crippen LogP) is 0.548. The zero-order chi connectivity index (χ0) is 26.0. The minimum absolute atomic E-state index is 0.108. The van der Waals surface area contributed by atoms with Crippen molar-refractivity contribution in [2.24, 2.45) is 5.92 Å². The lowest BCUT2D eigenvalue weighted by atomic mass is 10.0. The maximum absolute atomic E-state index is 12.7. The van der Waals surface area contributed by atoms with Gasteiger partial charge in [0.2, 0.25) is 23.6 Å². The third-order valence-corrected chi connectivity index (χ3v) is 4.68. The van der Waals surface area contributed by atoms with Crippen LogP contribution >= 0.6 is 0 Å². The van der Waals surface area contributed by atoms with E-state index in [2.05, 4.69) is 21.3 Å². The summed E-state index contributed by atoms with van der Waals surface area (Å²) in [5.74, 6) is -4.16. The molecule has 0 radical (unpaired) electrons. The van der Waals surface area contributed by atoms with Crippen molar-refractivity contribution in [2.75, 3.05) is 5.32 Å². The van der Waals surface area contributed by atoms with Crippen molar-refractivity contribution in [2.45, 2.75) is 58.7 Å². The Hall–Kier alpha value is -4.03. The number of benzene rings is 1. The molecule has 0 fully saturated rings. The number of nitrogens with one attached hydrogen (secondary N) is 4. The van der Waals surface area contributed by atoms with Crippen molar-refractivity contribution in [1.29, 1.82) is 0 Å². The Morgan fingerprint density at radius 2 is 1.44 bits per heavy atom. The summed E-state index contributed by atoms with van der Waals surface area (Å²) < 4.78 is 0. The van der Waals surface area contributed by atoms with E-state index in [1.807, 2.05) is 0 Å². The van der Waals surface area contributed by atoms with Crippen molar-refractivity contribution in [3.8, 4) is 0 Å². The lowest BCUT2D eigenvalue weighted by Crippen LogP contribution is -2.54. The number of nitrogens with zero attached hydrogens (tertiary/aromatic N) is 1. The van der Waals surface area contributed by atoms with E-state index in [0.717, 1.165) is 0 Å². The van der Waals surface area contributed by atoms with Crippen molar-refractivity contribution in [3.63, 3.8) is 0 Å². The molecule has 34 heavy (non-hydrogen) atoms. The highest BCUT2D eigenvalue weighted by atomic mass is 16.6. The van der Waals surface area contributed by atoms with Crippen LogP contribution in [0, 0.1) is 16.0 Å². The Balaban J connectivity index is 2.66. The van der Waals surface area contributed by atoms with Gasteiger partial charge in [0.15, 0.2) is 0 Å². The molecule has 0 saturated carbocycles. The van der Waals surface area contributed by atoms with Gasteiger partial charge in [0.25, 0.3) is 5.69 Å². The van der Waals surface area contributed by atoms with Gasteiger partial charge in [-0.1, -0.05) is 13.8 Å². The van der Waals surface area contributed by atoms with Crippen LogP contribution in [0.2, 0.25) is 0 Å². The van der Waals surface area contributed by atoms with Gasteiger partial charge >= 0.3 is 5.97 Å². The molecular weight excluding hydrogens is 450 g/mol. The van der Waals surface area contributed by atoms with Crippen LogP contribution in [0.3, 0.4) is 0 Å². The van der Waals surface area contributed by atoms with E-state index in [0.29, 0.717) is 5.69 Å². The average Bonchev–Trinajstić information content (AvgIpc) is 2.75. The van der Waals surface area contributed by atoms with Gasteiger partial charge in [0, 0.05) is 24.2 Å². The van der Waals surface area contributed by atoms with E-state index in [9.17, 15) is 34.1 Å². The van der Waals surface area contributed by atoms with Gasteiger partial charge in [-0.3, -0.25) is 39.4 Å². The van der Waals surface area contributed by atoms with Crippen molar-refractivity contribution < 1.29 is 34.0 Å². The summed E-state index contributed by atoms with van der Waals surface area (Å²) in [6.07, 6.45) is -0.679. The van der Waals surface area contributed by atoms with Gasteiger partial charge in [-0.2, -0.15) is 0 Å². The molecule has 0 heterocycles. The second-order valence-corrected chi connectivity index (χ2v) is 7.94. The molecule has 13 heteroatoms. The molecule has 0 bridgehead atoms. The van der Waals surface area contributed by atoms with Crippen LogP contribution in [0.1, 0.15) is 40.5 Å². The molecule has 1 aromatic carbocycles. The third-order valence-electron chi connectivity index (χ3n) is 4.68. The van der Waals surface area contributed by atoms with Crippen LogP contribution in [0.15, 0.2) is 24.3 Å². The number of nitro benzene ring substituents is 1. The Labute approximate surface area is 195 Å². The standard InChI is InChI=1S/C21H29N5O8/c1-11(2)18(24-14-5-7-15(8-6-14)26(33)34)21(32)25-20(31)13(4)23-19(30)12(3)22-16(27)9-10-17(28)29/h5-8,11-13,18,24H,9-10H2,1-4H3,(H,22,27)(H,23,30)(H,28,29)(H,25,31,32)/t12-,13-,18-/m0/s1. The maximum Gasteiger partial charge on any atom is 0.303 e. The topological polar surface area (TPSA) is 197 Å². The maximum atomic E-state index is 12.7. The van der Waals surface area contributed by atoms with Crippen molar-refractivity contribution in [1.82, 2.24) is 16.0 Å². The number of hydrogen-bond acceptors (Lipinski definition) is 8. The van der Waals surface area contributed by atoms with Gasteiger partial charge in [-0.05, 0) is 31.9 Å². The molecule has 5 N–H and O–H groups in total. The molecule has 4 amide bonds. The predicted molar refractivity (Wildman–Crippen MR) is 121 cm³/mol. The first-order valence-corrected chi connectivity index (χ1v) is 10.5. The minimum Gasteiger partial charge on any atom is -0.481 e. The molecule has 0 aliphatic heterocycles. The first kappa shape index (κ1) is 28.0. The Kier molecular flexibility index (Phi) is 10.6. The fourth-order valence-corrected chi connectivity index (χ4v) is 2.70. The van der Waals surface area contributed by atoms with Crippen LogP contribution in [0.25, 0.3) is 0 Å². The van der Waals surface area contributed by atoms with E-state index in [1.54, 1.807) is 13.8 Å². The number of carboxylic acid groups (broad SMARTS) is 1. The second kappa shape index (κ2) is 12.9. The van der Waals surface area contributed by atoms with Crippen LogP contribution < -0.4 is 21.3 Å². The summed E-state index contributed by atoms with van der Waals surface area (Å²) >= 11 is 0. The number of amides is 4. The Morgan fingerprint density at radius 3 is 1.94 bits per heavy atom. The fraction of sp³-hybridized carbons (Fsp3) is 0.476. The van der Waals surface area contributed by atoms with Gasteiger partial charge in [0.05, 0.1) is 11.3 Å². The summed E-state index contributed by atoms with van der Waals surface area (Å²) in [4.78, 5) is 69.6. The summed E-state index contributed by atoms with van der Waals surface area (Å²) in [7, 11) is 0. The number of anilines is 1. The first-order valence-electron chi connectivity index (χ1n) is 10.5. The molecule has 0 saturated heterocycles. The first-order chi connectivity index (χ1) is 15.8. The molecule has 0 aliphatic rings. The van der Waals surface area contributed by atoms with Gasteiger partial charge in [0.1, 0.15) is 18.1 Å². The number of imide groups is 1. The molecule has 13 nitrogen and oxygen atoms in total. The number of aliphatic carboxylic acids is 1. The number of nitro groups is 1. The molecule has 0 spiro atoms. The lowest BCUT2D eigenvalue weighted by molar-refractivity contribution is -0.384. The fourth-order valence-electron chi connectivity index (χ4n) is 2.70. The molecule has 0 aliphatic carbocycles. The van der Waals surface area contributed by atoms with E-state index in [1.165, 1.54) is 38.1 Å². The molecule has 1 rings (SSSR count). The van der Waals surface area contributed by atoms with Crippen LogP contribution in [0.4, 0.5) is 11.4 Å². The monoisotopic (exact) mass is 479 g/mol. The zero-order valence-electron chi connectivity index (χ0n) is 19.3. The summed E-state index contributed by atoms with van der Waals surface area (Å²) in [5.41, 5.74) is 0.337. The number of carbonyl (C=O) groups excluding carboxylic acids is 4. The SMILES string of the molecule is CC(C)[C@H](Nc1ccc([N+](=O)[O-])cc1)C(=O)NC(=O)[C@H](C)NC(=O)[C@H](C)NC(=O)CCC(=O)O. The summed E-state index contributed by atoms with van der Waals surface area (Å²) in [6, 6.07) is 2.46. The van der Waals surface area contributed by atoms with E-state index < -0.39 is 52.6 Å². The molecular formula is C21H29N5O8. The highest BCUT2D eigenvalue weighted by Crippen LogP contribution is 2.18. The van der Waals surface area contributed by atoms with Crippen LogP contribution in [-0.4, -0.2) is 57.8 Å². The molecule has 0 aromatic heterocycles. The molecule has 0 unspecified atom stereocenters. The molecule has 186 valence electrons.